The van der Waals surface area contributed by atoms with Crippen LogP contribution in [-0.4, -0.2) is 56.5 Å². The highest BCUT2D eigenvalue weighted by Gasteiger charge is 2.34. The molecule has 104 valence electrons. The van der Waals surface area contributed by atoms with Crippen LogP contribution < -0.4 is 5.32 Å². The highest BCUT2D eigenvalue weighted by atomic mass is 19.4. The van der Waals surface area contributed by atoms with E-state index in [1.54, 1.807) is 0 Å². The van der Waals surface area contributed by atoms with Crippen molar-refractivity contribution in [1.29, 1.82) is 0 Å². The lowest BCUT2D eigenvalue weighted by molar-refractivity contribution is -0.0960. The van der Waals surface area contributed by atoms with Gasteiger partial charge in [-0.05, 0) is 12.8 Å². The minimum Gasteiger partial charge on any atom is -0.379 e. The Morgan fingerprint density at radius 1 is 1.44 bits per heavy atom. The van der Waals surface area contributed by atoms with Crippen molar-refractivity contribution in [2.75, 3.05) is 39.4 Å². The van der Waals surface area contributed by atoms with Crippen LogP contribution in [-0.2, 0) is 4.74 Å². The Hall–Kier alpha value is -0.590. The molecule has 0 aromatic rings. The first-order valence-corrected chi connectivity index (χ1v) is 6.35. The van der Waals surface area contributed by atoms with Crippen molar-refractivity contribution in [2.24, 2.45) is 0 Å². The van der Waals surface area contributed by atoms with Crippen LogP contribution in [0.15, 0.2) is 11.6 Å². The largest absolute Gasteiger partial charge is 0.412 e. The first-order chi connectivity index (χ1) is 8.55. The lowest BCUT2D eigenvalue weighted by atomic mass is 10.1. The summed E-state index contributed by atoms with van der Waals surface area (Å²) in [7, 11) is 0. The molecule has 1 N–H and O–H groups in total. The maximum absolute atomic E-state index is 12.4. The molecule has 1 unspecified atom stereocenters. The molecule has 2 heterocycles. The standard InChI is InChI=1S/C12H19F3N2O/c13-12(14,15)10-1-5-17(6-2-10)7-3-11-9-18-8-4-16-11/h1,11,16H,2-9H2. The smallest absolute Gasteiger partial charge is 0.379 e. The van der Waals surface area contributed by atoms with E-state index < -0.39 is 6.18 Å². The molecule has 1 saturated heterocycles. The van der Waals surface area contributed by atoms with Gasteiger partial charge >= 0.3 is 6.18 Å². The van der Waals surface area contributed by atoms with Gasteiger partial charge in [-0.3, -0.25) is 4.90 Å². The molecule has 1 atom stereocenters. The summed E-state index contributed by atoms with van der Waals surface area (Å²) < 4.78 is 42.6. The van der Waals surface area contributed by atoms with Crippen LogP contribution in [0.2, 0.25) is 0 Å². The van der Waals surface area contributed by atoms with Crippen molar-refractivity contribution in [3.05, 3.63) is 11.6 Å². The molecule has 0 aromatic heterocycles. The van der Waals surface area contributed by atoms with Crippen LogP contribution in [0, 0.1) is 0 Å². The summed E-state index contributed by atoms with van der Waals surface area (Å²) in [6.45, 7) is 4.04. The molecule has 2 aliphatic rings. The molecule has 0 aliphatic carbocycles. The molecule has 6 heteroatoms. The molecule has 0 bridgehead atoms. The number of hydrogen-bond donors (Lipinski definition) is 1. The molecule has 0 amide bonds. The first kappa shape index (κ1) is 13.8. The predicted octanol–water partition coefficient (Wildman–Crippen LogP) is 1.56. The van der Waals surface area contributed by atoms with Crippen molar-refractivity contribution < 1.29 is 17.9 Å². The van der Waals surface area contributed by atoms with Gasteiger partial charge in [0.1, 0.15) is 0 Å². The number of morpholine rings is 1. The van der Waals surface area contributed by atoms with Crippen LogP contribution in [0.3, 0.4) is 0 Å². The fourth-order valence-electron chi connectivity index (χ4n) is 2.32. The molecule has 1 fully saturated rings. The van der Waals surface area contributed by atoms with E-state index in [2.05, 4.69) is 10.2 Å². The van der Waals surface area contributed by atoms with Gasteiger partial charge in [-0.15, -0.1) is 0 Å². The second-order valence-electron chi connectivity index (χ2n) is 4.79. The number of alkyl halides is 3. The maximum Gasteiger partial charge on any atom is 0.412 e. The fraction of sp³-hybridized carbons (Fsp3) is 0.833. The lowest BCUT2D eigenvalue weighted by Crippen LogP contribution is -2.43. The molecule has 18 heavy (non-hydrogen) atoms. The number of hydrogen-bond acceptors (Lipinski definition) is 3. The summed E-state index contributed by atoms with van der Waals surface area (Å²) >= 11 is 0. The van der Waals surface area contributed by atoms with Crippen LogP contribution >= 0.6 is 0 Å². The van der Waals surface area contributed by atoms with E-state index in [0.717, 1.165) is 26.1 Å². The Morgan fingerprint density at radius 2 is 2.28 bits per heavy atom. The van der Waals surface area contributed by atoms with E-state index in [0.29, 0.717) is 25.7 Å². The van der Waals surface area contributed by atoms with Gasteiger partial charge in [-0.25, -0.2) is 0 Å². The van der Waals surface area contributed by atoms with Gasteiger partial charge in [0, 0.05) is 37.8 Å². The van der Waals surface area contributed by atoms with E-state index in [1.165, 1.54) is 6.08 Å². The SMILES string of the molecule is FC(F)(F)C1=CCN(CCC2COCCN2)CC1. The molecule has 0 radical (unpaired) electrons. The summed E-state index contributed by atoms with van der Waals surface area (Å²) in [5.41, 5.74) is -0.377. The minimum absolute atomic E-state index is 0.109. The van der Waals surface area contributed by atoms with Gasteiger partial charge in [-0.2, -0.15) is 13.2 Å². The monoisotopic (exact) mass is 264 g/mol. The second kappa shape index (κ2) is 6.04. The number of halogens is 3. The zero-order valence-electron chi connectivity index (χ0n) is 10.3. The van der Waals surface area contributed by atoms with Crippen LogP contribution in [0.4, 0.5) is 13.2 Å². The third-order valence-electron chi connectivity index (χ3n) is 3.45. The molecule has 2 aliphatic heterocycles. The maximum atomic E-state index is 12.4. The van der Waals surface area contributed by atoms with Gasteiger partial charge in [0.05, 0.1) is 13.2 Å². The van der Waals surface area contributed by atoms with E-state index >= 15 is 0 Å². The van der Waals surface area contributed by atoms with E-state index in [9.17, 15) is 13.2 Å². The van der Waals surface area contributed by atoms with E-state index in [4.69, 9.17) is 4.74 Å². The molecule has 0 spiro atoms. The molecule has 0 aromatic carbocycles. The van der Waals surface area contributed by atoms with Gasteiger partial charge in [-0.1, -0.05) is 6.08 Å². The zero-order chi connectivity index (χ0) is 13.0. The summed E-state index contributed by atoms with van der Waals surface area (Å²) in [4.78, 5) is 2.06. The third kappa shape index (κ3) is 3.96. The fourth-order valence-corrected chi connectivity index (χ4v) is 2.32. The topological polar surface area (TPSA) is 24.5 Å². The quantitative estimate of drug-likeness (QED) is 0.783. The molecular weight excluding hydrogens is 245 g/mol. The Balaban J connectivity index is 1.71. The average Bonchev–Trinajstić information content (AvgIpc) is 2.37. The second-order valence-corrected chi connectivity index (χ2v) is 4.79. The van der Waals surface area contributed by atoms with E-state index in [1.807, 2.05) is 0 Å². The van der Waals surface area contributed by atoms with Gasteiger partial charge < -0.3 is 10.1 Å². The Kier molecular flexibility index (Phi) is 4.64. The van der Waals surface area contributed by atoms with E-state index in [-0.39, 0.29) is 12.0 Å². The Bertz CT molecular complexity index is 298. The number of rotatable bonds is 3. The highest BCUT2D eigenvalue weighted by Crippen LogP contribution is 2.30. The van der Waals surface area contributed by atoms with Crippen molar-refractivity contribution in [1.82, 2.24) is 10.2 Å². The van der Waals surface area contributed by atoms with Gasteiger partial charge in [0.15, 0.2) is 0 Å². The van der Waals surface area contributed by atoms with Crippen LogP contribution in [0.1, 0.15) is 12.8 Å². The third-order valence-corrected chi connectivity index (χ3v) is 3.45. The normalized spacial score (nSPS) is 27.1. The van der Waals surface area contributed by atoms with Gasteiger partial charge in [0.2, 0.25) is 0 Å². The van der Waals surface area contributed by atoms with Crippen molar-refractivity contribution in [3.8, 4) is 0 Å². The lowest BCUT2D eigenvalue weighted by Gasteiger charge is -2.30. The predicted molar refractivity (Wildman–Crippen MR) is 62.4 cm³/mol. The summed E-state index contributed by atoms with van der Waals surface area (Å²) in [6, 6.07) is 0.340. The highest BCUT2D eigenvalue weighted by molar-refractivity contribution is 5.12. The molecular formula is C12H19F3N2O. The number of nitrogens with one attached hydrogen (secondary N) is 1. The average molecular weight is 264 g/mol. The summed E-state index contributed by atoms with van der Waals surface area (Å²) in [5.74, 6) is 0. The summed E-state index contributed by atoms with van der Waals surface area (Å²) in [6.07, 6.45) is -1.80. The van der Waals surface area contributed by atoms with Crippen molar-refractivity contribution >= 4 is 0 Å². The minimum atomic E-state index is -4.15. The summed E-state index contributed by atoms with van der Waals surface area (Å²) in [5, 5.41) is 3.34. The van der Waals surface area contributed by atoms with Gasteiger partial charge in [0.25, 0.3) is 0 Å². The number of nitrogens with zero attached hydrogens (tertiary/aromatic N) is 1. The molecule has 0 saturated carbocycles. The van der Waals surface area contributed by atoms with Crippen LogP contribution in [0.25, 0.3) is 0 Å². The van der Waals surface area contributed by atoms with Crippen molar-refractivity contribution in [3.63, 3.8) is 0 Å². The van der Waals surface area contributed by atoms with Crippen molar-refractivity contribution in [2.45, 2.75) is 25.1 Å². The molecule has 2 rings (SSSR count). The molecule has 3 nitrogen and oxygen atoms in total. The Labute approximate surface area is 105 Å². The zero-order valence-corrected chi connectivity index (χ0v) is 10.3. The Morgan fingerprint density at radius 3 is 2.83 bits per heavy atom. The first-order valence-electron chi connectivity index (χ1n) is 6.35. The van der Waals surface area contributed by atoms with Crippen LogP contribution in [0.5, 0.6) is 0 Å². The number of ether oxygens (including phenoxy) is 1.